The van der Waals surface area contributed by atoms with Gasteiger partial charge in [0.15, 0.2) is 29.1 Å². The molecule has 2 N–H and O–H groups in total. The van der Waals surface area contributed by atoms with Crippen LogP contribution in [0.25, 0.3) is 0 Å². The second kappa shape index (κ2) is 9.85. The Balaban J connectivity index is 1.59. The number of benzene rings is 1. The minimum atomic E-state index is -0.290. The number of nitrogens with one attached hydrogen (secondary N) is 2. The molecule has 2 aromatic rings. The Bertz CT molecular complexity index is 919. The minimum absolute atomic E-state index is 0.164. The van der Waals surface area contributed by atoms with Crippen LogP contribution >= 0.6 is 0 Å². The Morgan fingerprint density at radius 1 is 1.26 bits per heavy atom. The number of anilines is 1. The van der Waals surface area contributed by atoms with Gasteiger partial charge >= 0.3 is 0 Å². The molecule has 8 heteroatoms. The number of nitrogens with zero attached hydrogens (tertiary/aromatic N) is 3. The van der Waals surface area contributed by atoms with Gasteiger partial charge in [0.1, 0.15) is 0 Å². The van der Waals surface area contributed by atoms with E-state index >= 15 is 0 Å². The van der Waals surface area contributed by atoms with Crippen molar-refractivity contribution in [3.8, 4) is 11.5 Å². The molecule has 1 atom stereocenters. The summed E-state index contributed by atoms with van der Waals surface area (Å²) in [7, 11) is 5.02. The third-order valence-corrected chi connectivity index (χ3v) is 5.65. The van der Waals surface area contributed by atoms with Crippen molar-refractivity contribution >= 4 is 11.8 Å². The Kier molecular flexibility index (Phi) is 7.20. The van der Waals surface area contributed by atoms with Gasteiger partial charge in [0.05, 0.1) is 14.2 Å². The van der Waals surface area contributed by atoms with Crippen molar-refractivity contribution in [2.24, 2.45) is 4.99 Å². The van der Waals surface area contributed by atoms with Crippen molar-refractivity contribution in [1.29, 1.82) is 0 Å². The largest absolute Gasteiger partial charge is 0.493 e. The highest BCUT2D eigenvalue weighted by Gasteiger charge is 2.27. The molecular weight excluding hydrogens is 397 g/mol. The standard InChI is InChI=1S/C23H32FN5O2/c1-23(2,16-8-9-19(30-4)20(13-16)31-5)15-27-22(25-3)28-17-10-12-29(14-17)21-18(24)7-6-11-26-21/h6-9,11,13,17H,10,12,14-15H2,1-5H3,(H2,25,27,28). The summed E-state index contributed by atoms with van der Waals surface area (Å²) in [6.45, 7) is 6.42. The van der Waals surface area contributed by atoms with Crippen molar-refractivity contribution in [2.75, 3.05) is 45.8 Å². The summed E-state index contributed by atoms with van der Waals surface area (Å²) >= 11 is 0. The Labute approximate surface area is 183 Å². The number of hydrogen-bond acceptors (Lipinski definition) is 5. The predicted molar refractivity (Wildman–Crippen MR) is 122 cm³/mol. The first-order valence-electron chi connectivity index (χ1n) is 10.4. The van der Waals surface area contributed by atoms with Gasteiger partial charge in [0, 0.05) is 44.3 Å². The number of hydrogen-bond donors (Lipinski definition) is 2. The third kappa shape index (κ3) is 5.37. The molecule has 168 valence electrons. The van der Waals surface area contributed by atoms with Gasteiger partial charge in [-0.2, -0.15) is 0 Å². The molecule has 7 nitrogen and oxygen atoms in total. The highest BCUT2D eigenvalue weighted by atomic mass is 19.1. The van der Waals surface area contributed by atoms with Crippen LogP contribution < -0.4 is 25.0 Å². The summed E-state index contributed by atoms with van der Waals surface area (Å²) in [4.78, 5) is 10.5. The summed E-state index contributed by atoms with van der Waals surface area (Å²) < 4.78 is 24.8. The van der Waals surface area contributed by atoms with Gasteiger partial charge in [-0.3, -0.25) is 4.99 Å². The molecule has 1 aromatic carbocycles. The van der Waals surface area contributed by atoms with Gasteiger partial charge in [-0.1, -0.05) is 19.9 Å². The lowest BCUT2D eigenvalue weighted by atomic mass is 9.84. The molecule has 0 amide bonds. The van der Waals surface area contributed by atoms with Gasteiger partial charge in [-0.25, -0.2) is 9.37 Å². The molecule has 3 rings (SSSR count). The maximum absolute atomic E-state index is 14.0. The van der Waals surface area contributed by atoms with Crippen LogP contribution in [0.2, 0.25) is 0 Å². The lowest BCUT2D eigenvalue weighted by Crippen LogP contribution is -2.48. The number of pyridine rings is 1. The van der Waals surface area contributed by atoms with Gasteiger partial charge in [0.25, 0.3) is 0 Å². The van der Waals surface area contributed by atoms with E-state index in [9.17, 15) is 4.39 Å². The van der Waals surface area contributed by atoms with E-state index in [-0.39, 0.29) is 17.3 Å². The fraction of sp³-hybridized carbons (Fsp3) is 0.478. The van der Waals surface area contributed by atoms with E-state index in [1.165, 1.54) is 6.07 Å². The number of ether oxygens (including phenoxy) is 2. The van der Waals surface area contributed by atoms with Gasteiger partial charge < -0.3 is 25.0 Å². The van der Waals surface area contributed by atoms with Crippen LogP contribution in [-0.4, -0.2) is 57.9 Å². The first kappa shape index (κ1) is 22.7. The van der Waals surface area contributed by atoms with Crippen LogP contribution in [0, 0.1) is 5.82 Å². The van der Waals surface area contributed by atoms with Crippen LogP contribution in [0.5, 0.6) is 11.5 Å². The first-order chi connectivity index (χ1) is 14.9. The monoisotopic (exact) mass is 429 g/mol. The summed E-state index contributed by atoms with van der Waals surface area (Å²) in [6.07, 6.45) is 2.51. The predicted octanol–water partition coefficient (Wildman–Crippen LogP) is 2.96. The zero-order chi connectivity index (χ0) is 22.4. The van der Waals surface area contributed by atoms with Crippen molar-refractivity contribution in [2.45, 2.75) is 31.7 Å². The topological polar surface area (TPSA) is 71.0 Å². The molecule has 1 fully saturated rings. The number of guanidine groups is 1. The molecular formula is C23H32FN5O2. The molecule has 31 heavy (non-hydrogen) atoms. The molecule has 1 saturated heterocycles. The second-order valence-electron chi connectivity index (χ2n) is 8.26. The highest BCUT2D eigenvalue weighted by molar-refractivity contribution is 5.80. The molecule has 1 unspecified atom stereocenters. The molecule has 2 heterocycles. The lowest BCUT2D eigenvalue weighted by molar-refractivity contribution is 0.353. The number of aromatic nitrogens is 1. The van der Waals surface area contributed by atoms with Crippen molar-refractivity contribution in [3.05, 3.63) is 47.9 Å². The summed E-state index contributed by atoms with van der Waals surface area (Å²) in [6, 6.07) is 9.20. The van der Waals surface area contributed by atoms with Crippen molar-refractivity contribution in [3.63, 3.8) is 0 Å². The van der Waals surface area contributed by atoms with E-state index in [4.69, 9.17) is 9.47 Å². The van der Waals surface area contributed by atoms with Crippen LogP contribution in [-0.2, 0) is 5.41 Å². The fourth-order valence-electron chi connectivity index (χ4n) is 3.73. The molecule has 0 spiro atoms. The summed E-state index contributed by atoms with van der Waals surface area (Å²) in [5, 5.41) is 6.88. The SMILES string of the molecule is CN=C(NCC(C)(C)c1ccc(OC)c(OC)c1)NC1CCN(c2ncccc2F)C1. The van der Waals surface area contributed by atoms with E-state index in [1.54, 1.807) is 33.5 Å². The van der Waals surface area contributed by atoms with Crippen LogP contribution in [0.15, 0.2) is 41.5 Å². The molecule has 0 bridgehead atoms. The molecule has 1 aliphatic rings. The normalized spacial score (nSPS) is 16.9. The van der Waals surface area contributed by atoms with E-state index < -0.39 is 0 Å². The molecule has 1 aromatic heterocycles. The van der Waals surface area contributed by atoms with Gasteiger partial charge in [0.2, 0.25) is 0 Å². The van der Waals surface area contributed by atoms with Gasteiger partial charge in [-0.05, 0) is 36.2 Å². The zero-order valence-electron chi connectivity index (χ0n) is 18.9. The van der Waals surface area contributed by atoms with E-state index in [1.807, 2.05) is 17.0 Å². The van der Waals surface area contributed by atoms with E-state index in [0.717, 1.165) is 24.5 Å². The number of methoxy groups -OCH3 is 2. The first-order valence-corrected chi connectivity index (χ1v) is 10.4. The molecule has 0 radical (unpaired) electrons. The average molecular weight is 430 g/mol. The second-order valence-corrected chi connectivity index (χ2v) is 8.26. The van der Waals surface area contributed by atoms with Crippen LogP contribution in [0.1, 0.15) is 25.8 Å². The van der Waals surface area contributed by atoms with Crippen LogP contribution in [0.3, 0.4) is 0 Å². The van der Waals surface area contributed by atoms with Crippen molar-refractivity contribution < 1.29 is 13.9 Å². The van der Waals surface area contributed by atoms with Gasteiger partial charge in [-0.15, -0.1) is 0 Å². The summed E-state index contributed by atoms with van der Waals surface area (Å²) in [5.74, 6) is 2.26. The number of aliphatic imine (C=N–C) groups is 1. The third-order valence-electron chi connectivity index (χ3n) is 5.65. The number of halogens is 1. The minimum Gasteiger partial charge on any atom is -0.493 e. The Morgan fingerprint density at radius 3 is 2.71 bits per heavy atom. The number of rotatable bonds is 7. The Morgan fingerprint density at radius 2 is 2.03 bits per heavy atom. The maximum atomic E-state index is 14.0. The van der Waals surface area contributed by atoms with E-state index in [2.05, 4.69) is 40.5 Å². The smallest absolute Gasteiger partial charge is 0.191 e. The molecule has 0 saturated carbocycles. The van der Waals surface area contributed by atoms with E-state index in [0.29, 0.717) is 30.4 Å². The fourth-order valence-corrected chi connectivity index (χ4v) is 3.73. The van der Waals surface area contributed by atoms with Crippen molar-refractivity contribution in [1.82, 2.24) is 15.6 Å². The average Bonchev–Trinajstić information content (AvgIpc) is 3.24. The molecule has 1 aliphatic heterocycles. The quantitative estimate of drug-likeness (QED) is 0.521. The summed E-state index contributed by atoms with van der Waals surface area (Å²) in [5.41, 5.74) is 0.960. The molecule has 0 aliphatic carbocycles. The maximum Gasteiger partial charge on any atom is 0.191 e. The lowest BCUT2D eigenvalue weighted by Gasteiger charge is -2.28. The Hall–Kier alpha value is -3.03. The van der Waals surface area contributed by atoms with Crippen LogP contribution in [0.4, 0.5) is 10.2 Å². The highest BCUT2D eigenvalue weighted by Crippen LogP contribution is 2.33. The zero-order valence-corrected chi connectivity index (χ0v) is 18.9.